The fourth-order valence-electron chi connectivity index (χ4n) is 2.04. The van der Waals surface area contributed by atoms with Crippen molar-refractivity contribution in [2.45, 2.75) is 39.7 Å². The second kappa shape index (κ2) is 6.39. The molecule has 1 rings (SSSR count). The van der Waals surface area contributed by atoms with Gasteiger partial charge in [0.25, 0.3) is 0 Å². The van der Waals surface area contributed by atoms with E-state index in [1.807, 2.05) is 13.0 Å². The summed E-state index contributed by atoms with van der Waals surface area (Å²) >= 11 is 0. The summed E-state index contributed by atoms with van der Waals surface area (Å²) in [6.07, 6.45) is 2.03. The molecule has 0 aliphatic carbocycles. The third-order valence-electron chi connectivity index (χ3n) is 2.88. The van der Waals surface area contributed by atoms with E-state index in [2.05, 4.69) is 28.7 Å². The van der Waals surface area contributed by atoms with E-state index in [0.29, 0.717) is 12.6 Å². The normalized spacial score (nSPS) is 10.9. The number of nitrogens with two attached hydrogens (primary N) is 1. The first-order chi connectivity index (χ1) is 8.12. The van der Waals surface area contributed by atoms with Crippen LogP contribution in [0.15, 0.2) is 6.07 Å². The highest BCUT2D eigenvalue weighted by Crippen LogP contribution is 2.19. The zero-order chi connectivity index (χ0) is 12.8. The summed E-state index contributed by atoms with van der Waals surface area (Å²) in [6.45, 7) is 6.85. The van der Waals surface area contributed by atoms with Gasteiger partial charge in [0, 0.05) is 24.3 Å². The molecule has 0 atom stereocenters. The van der Waals surface area contributed by atoms with E-state index in [9.17, 15) is 0 Å². The Morgan fingerprint density at radius 2 is 2.00 bits per heavy atom. The molecule has 0 bridgehead atoms. The van der Waals surface area contributed by atoms with Crippen LogP contribution in [0.4, 0.5) is 11.8 Å². The molecular formula is C12H22N4O. The molecule has 0 fully saturated rings. The van der Waals surface area contributed by atoms with Gasteiger partial charge in [-0.25, -0.2) is 4.98 Å². The number of nitrogen functional groups attached to an aromatic ring is 1. The molecule has 17 heavy (non-hydrogen) atoms. The van der Waals surface area contributed by atoms with Crippen LogP contribution in [0.25, 0.3) is 0 Å². The molecule has 0 spiro atoms. The Morgan fingerprint density at radius 3 is 2.47 bits per heavy atom. The van der Waals surface area contributed by atoms with Crippen molar-refractivity contribution in [3.63, 3.8) is 0 Å². The van der Waals surface area contributed by atoms with Crippen LogP contribution < -0.4 is 10.6 Å². The summed E-state index contributed by atoms with van der Waals surface area (Å²) in [7, 11) is 0. The predicted molar refractivity (Wildman–Crippen MR) is 70.0 cm³/mol. The molecule has 1 aromatic rings. The first kappa shape index (κ1) is 13.7. The zero-order valence-electron chi connectivity index (χ0n) is 10.8. The average Bonchev–Trinajstić information content (AvgIpc) is 2.28. The average molecular weight is 238 g/mol. The molecule has 3 N–H and O–H groups in total. The third kappa shape index (κ3) is 3.56. The van der Waals surface area contributed by atoms with Crippen molar-refractivity contribution in [1.29, 1.82) is 0 Å². The molecule has 0 radical (unpaired) electrons. The molecule has 0 unspecified atom stereocenters. The van der Waals surface area contributed by atoms with Gasteiger partial charge in [0.15, 0.2) is 0 Å². The molecular weight excluding hydrogens is 216 g/mol. The standard InChI is InChI=1S/C12H22N4O/c1-4-10(5-2)16(6-7-17)11-8-9(3)14-12(13)15-11/h8,10,17H,4-7H2,1-3H3,(H2,13,14,15). The van der Waals surface area contributed by atoms with E-state index in [4.69, 9.17) is 10.8 Å². The van der Waals surface area contributed by atoms with E-state index in [1.54, 1.807) is 0 Å². The maximum Gasteiger partial charge on any atom is 0.222 e. The fraction of sp³-hybridized carbons (Fsp3) is 0.667. The molecule has 1 aromatic heterocycles. The van der Waals surface area contributed by atoms with Crippen LogP contribution in [-0.2, 0) is 0 Å². The Morgan fingerprint density at radius 1 is 1.35 bits per heavy atom. The minimum atomic E-state index is 0.111. The topological polar surface area (TPSA) is 75.3 Å². The molecule has 1 heterocycles. The maximum atomic E-state index is 9.16. The number of nitrogens with zero attached hydrogens (tertiary/aromatic N) is 3. The number of anilines is 2. The van der Waals surface area contributed by atoms with E-state index in [1.165, 1.54) is 0 Å². The van der Waals surface area contributed by atoms with E-state index < -0.39 is 0 Å². The van der Waals surface area contributed by atoms with Crippen LogP contribution in [-0.4, -0.2) is 34.3 Å². The molecule has 0 saturated carbocycles. The van der Waals surface area contributed by atoms with Gasteiger partial charge in [0.05, 0.1) is 6.61 Å². The van der Waals surface area contributed by atoms with Crippen molar-refractivity contribution in [2.24, 2.45) is 0 Å². The Labute approximate surface area is 103 Å². The van der Waals surface area contributed by atoms with Gasteiger partial charge >= 0.3 is 0 Å². The Kier molecular flexibility index (Phi) is 5.15. The quantitative estimate of drug-likeness (QED) is 0.782. The van der Waals surface area contributed by atoms with Crippen molar-refractivity contribution in [3.8, 4) is 0 Å². The lowest BCUT2D eigenvalue weighted by molar-refractivity contribution is 0.295. The lowest BCUT2D eigenvalue weighted by Crippen LogP contribution is -2.37. The van der Waals surface area contributed by atoms with Crippen LogP contribution in [0.1, 0.15) is 32.4 Å². The smallest absolute Gasteiger partial charge is 0.222 e. The van der Waals surface area contributed by atoms with Crippen LogP contribution in [0, 0.1) is 6.92 Å². The fourth-order valence-corrected chi connectivity index (χ4v) is 2.04. The van der Waals surface area contributed by atoms with Crippen LogP contribution >= 0.6 is 0 Å². The molecule has 0 amide bonds. The molecule has 96 valence electrons. The third-order valence-corrected chi connectivity index (χ3v) is 2.88. The van der Waals surface area contributed by atoms with E-state index in [0.717, 1.165) is 24.4 Å². The summed E-state index contributed by atoms with van der Waals surface area (Å²) in [6, 6.07) is 2.28. The van der Waals surface area contributed by atoms with E-state index in [-0.39, 0.29) is 12.6 Å². The molecule has 0 saturated heterocycles. The summed E-state index contributed by atoms with van der Waals surface area (Å²) in [5, 5.41) is 9.16. The molecule has 5 nitrogen and oxygen atoms in total. The van der Waals surface area contributed by atoms with E-state index >= 15 is 0 Å². The lowest BCUT2D eigenvalue weighted by atomic mass is 10.1. The van der Waals surface area contributed by atoms with Crippen molar-refractivity contribution in [1.82, 2.24) is 9.97 Å². The lowest BCUT2D eigenvalue weighted by Gasteiger charge is -2.31. The number of rotatable bonds is 6. The molecule has 0 aliphatic rings. The van der Waals surface area contributed by atoms with Gasteiger partial charge in [-0.3, -0.25) is 0 Å². The predicted octanol–water partition coefficient (Wildman–Crippen LogP) is 1.35. The Hall–Kier alpha value is -1.36. The van der Waals surface area contributed by atoms with Gasteiger partial charge in [0.2, 0.25) is 5.95 Å². The second-order valence-corrected chi connectivity index (χ2v) is 4.11. The summed E-state index contributed by atoms with van der Waals surface area (Å²) in [5.74, 6) is 1.09. The number of hydrogen-bond acceptors (Lipinski definition) is 5. The maximum absolute atomic E-state index is 9.16. The SMILES string of the molecule is CCC(CC)N(CCO)c1cc(C)nc(N)n1. The molecule has 0 aromatic carbocycles. The van der Waals surface area contributed by atoms with Gasteiger partial charge in [-0.15, -0.1) is 0 Å². The van der Waals surface area contributed by atoms with Crippen molar-refractivity contribution in [3.05, 3.63) is 11.8 Å². The Bertz CT molecular complexity index is 332. The highest BCUT2D eigenvalue weighted by molar-refractivity contribution is 5.44. The number of aromatic nitrogens is 2. The van der Waals surface area contributed by atoms with Gasteiger partial charge in [-0.2, -0.15) is 4.98 Å². The van der Waals surface area contributed by atoms with Gasteiger partial charge in [0.1, 0.15) is 5.82 Å². The van der Waals surface area contributed by atoms with Crippen LogP contribution in [0.5, 0.6) is 0 Å². The van der Waals surface area contributed by atoms with Crippen molar-refractivity contribution in [2.75, 3.05) is 23.8 Å². The van der Waals surface area contributed by atoms with Gasteiger partial charge in [-0.05, 0) is 19.8 Å². The van der Waals surface area contributed by atoms with Crippen LogP contribution in [0.3, 0.4) is 0 Å². The van der Waals surface area contributed by atoms with Crippen LogP contribution in [0.2, 0.25) is 0 Å². The van der Waals surface area contributed by atoms with Gasteiger partial charge in [-0.1, -0.05) is 13.8 Å². The summed E-state index contributed by atoms with van der Waals surface area (Å²) < 4.78 is 0. The van der Waals surface area contributed by atoms with Gasteiger partial charge < -0.3 is 15.7 Å². The number of hydrogen-bond donors (Lipinski definition) is 2. The minimum absolute atomic E-state index is 0.111. The zero-order valence-corrected chi connectivity index (χ0v) is 10.8. The largest absolute Gasteiger partial charge is 0.395 e. The van der Waals surface area contributed by atoms with Crippen molar-refractivity contribution >= 4 is 11.8 Å². The summed E-state index contributed by atoms with van der Waals surface area (Å²) in [5.41, 5.74) is 6.51. The number of aryl methyl sites for hydroxylation is 1. The highest BCUT2D eigenvalue weighted by atomic mass is 16.3. The number of aliphatic hydroxyl groups is 1. The second-order valence-electron chi connectivity index (χ2n) is 4.11. The van der Waals surface area contributed by atoms with Crippen molar-refractivity contribution < 1.29 is 5.11 Å². The Balaban J connectivity index is 3.03. The monoisotopic (exact) mass is 238 g/mol. The summed E-state index contributed by atoms with van der Waals surface area (Å²) in [4.78, 5) is 10.4. The first-order valence-corrected chi connectivity index (χ1v) is 6.11. The number of aliphatic hydroxyl groups excluding tert-OH is 1. The highest BCUT2D eigenvalue weighted by Gasteiger charge is 2.17. The molecule has 0 aliphatic heterocycles. The minimum Gasteiger partial charge on any atom is -0.395 e. The molecule has 5 heteroatoms. The first-order valence-electron chi connectivity index (χ1n) is 6.11.